The van der Waals surface area contributed by atoms with E-state index in [2.05, 4.69) is 36.2 Å². The van der Waals surface area contributed by atoms with E-state index in [0.717, 1.165) is 25.8 Å². The van der Waals surface area contributed by atoms with Gasteiger partial charge < -0.3 is 10.7 Å². The summed E-state index contributed by atoms with van der Waals surface area (Å²) in [6.07, 6.45) is 3.19. The summed E-state index contributed by atoms with van der Waals surface area (Å²) in [5, 5.41) is 1.32. The fourth-order valence-electron chi connectivity index (χ4n) is 1.89. The third-order valence-corrected chi connectivity index (χ3v) is 2.80. The monoisotopic (exact) mass is 202 g/mol. The van der Waals surface area contributed by atoms with E-state index in [1.165, 1.54) is 22.2 Å². The maximum absolute atomic E-state index is 5.50. The number of nitrogens with one attached hydrogen (secondary N) is 1. The molecule has 0 aliphatic carbocycles. The van der Waals surface area contributed by atoms with Gasteiger partial charge in [-0.25, -0.2) is 0 Å². The smallest absolute Gasteiger partial charge is 0.0456 e. The number of hydrogen-bond acceptors (Lipinski definition) is 1. The third kappa shape index (κ3) is 2.21. The zero-order valence-electron chi connectivity index (χ0n) is 9.22. The van der Waals surface area contributed by atoms with Gasteiger partial charge in [0.05, 0.1) is 0 Å². The zero-order chi connectivity index (χ0) is 10.7. The summed E-state index contributed by atoms with van der Waals surface area (Å²) < 4.78 is 0. The zero-order valence-corrected chi connectivity index (χ0v) is 9.22. The largest absolute Gasteiger partial charge is 0.358 e. The van der Waals surface area contributed by atoms with Gasteiger partial charge >= 0.3 is 0 Å². The highest BCUT2D eigenvalue weighted by Gasteiger charge is 2.00. The molecule has 0 saturated carbocycles. The average molecular weight is 202 g/mol. The van der Waals surface area contributed by atoms with Crippen LogP contribution in [0.15, 0.2) is 24.3 Å². The first-order valence-electron chi connectivity index (χ1n) is 5.64. The number of aromatic amines is 1. The number of H-pyrrole nitrogens is 1. The number of rotatable bonds is 4. The molecule has 2 aromatic rings. The highest BCUT2D eigenvalue weighted by Crippen LogP contribution is 2.18. The lowest BCUT2D eigenvalue weighted by molar-refractivity contribution is 0.818. The molecule has 0 spiro atoms. The molecular weight excluding hydrogens is 184 g/mol. The maximum atomic E-state index is 5.50. The van der Waals surface area contributed by atoms with Crippen LogP contribution in [0.5, 0.6) is 0 Å². The molecule has 2 nitrogen and oxygen atoms in total. The number of fused-ring (bicyclic) bond motifs is 1. The Bertz CT molecular complexity index is 443. The second-order valence-corrected chi connectivity index (χ2v) is 3.96. The summed E-state index contributed by atoms with van der Waals surface area (Å²) in [7, 11) is 0. The van der Waals surface area contributed by atoms with Gasteiger partial charge in [-0.2, -0.15) is 0 Å². The second-order valence-electron chi connectivity index (χ2n) is 3.96. The Kier molecular flexibility index (Phi) is 3.07. The van der Waals surface area contributed by atoms with Crippen molar-refractivity contribution >= 4 is 10.9 Å². The SMILES string of the molecule is CCc1ccc2[nH]c(CCCN)cc2c1. The first-order chi connectivity index (χ1) is 7.33. The van der Waals surface area contributed by atoms with Crippen LogP contribution in [-0.4, -0.2) is 11.5 Å². The van der Waals surface area contributed by atoms with Gasteiger partial charge in [-0.05, 0) is 55.0 Å². The van der Waals surface area contributed by atoms with Crippen LogP contribution in [-0.2, 0) is 12.8 Å². The minimum atomic E-state index is 0.759. The maximum Gasteiger partial charge on any atom is 0.0456 e. The minimum absolute atomic E-state index is 0.759. The van der Waals surface area contributed by atoms with Crippen molar-refractivity contribution in [2.75, 3.05) is 6.54 Å². The molecular formula is C13H18N2. The number of nitrogens with two attached hydrogens (primary N) is 1. The van der Waals surface area contributed by atoms with Crippen LogP contribution in [0.25, 0.3) is 10.9 Å². The highest BCUT2D eigenvalue weighted by atomic mass is 14.7. The van der Waals surface area contributed by atoms with E-state index in [-0.39, 0.29) is 0 Å². The molecule has 2 heteroatoms. The van der Waals surface area contributed by atoms with E-state index in [4.69, 9.17) is 5.73 Å². The molecule has 0 unspecified atom stereocenters. The van der Waals surface area contributed by atoms with Crippen LogP contribution >= 0.6 is 0 Å². The van der Waals surface area contributed by atoms with Crippen molar-refractivity contribution in [1.82, 2.24) is 4.98 Å². The molecule has 3 N–H and O–H groups in total. The standard InChI is InChI=1S/C13H18N2/c1-2-10-5-6-13-11(8-10)9-12(15-13)4-3-7-14/h5-6,8-9,15H,2-4,7,14H2,1H3. The molecule has 80 valence electrons. The number of aryl methyl sites for hydroxylation is 2. The van der Waals surface area contributed by atoms with Crippen molar-refractivity contribution in [1.29, 1.82) is 0 Å². The topological polar surface area (TPSA) is 41.8 Å². The third-order valence-electron chi connectivity index (χ3n) is 2.80. The number of benzene rings is 1. The van der Waals surface area contributed by atoms with Gasteiger partial charge in [-0.1, -0.05) is 13.0 Å². The van der Waals surface area contributed by atoms with Crippen molar-refractivity contribution in [3.63, 3.8) is 0 Å². The van der Waals surface area contributed by atoms with E-state index >= 15 is 0 Å². The van der Waals surface area contributed by atoms with Crippen LogP contribution in [0.4, 0.5) is 0 Å². The first-order valence-corrected chi connectivity index (χ1v) is 5.64. The minimum Gasteiger partial charge on any atom is -0.358 e. The van der Waals surface area contributed by atoms with Gasteiger partial charge in [0.15, 0.2) is 0 Å². The van der Waals surface area contributed by atoms with Crippen LogP contribution in [0.2, 0.25) is 0 Å². The first kappa shape index (κ1) is 10.2. The molecule has 15 heavy (non-hydrogen) atoms. The number of hydrogen-bond donors (Lipinski definition) is 2. The summed E-state index contributed by atoms with van der Waals surface area (Å²) in [5.41, 5.74) is 9.43. The Morgan fingerprint density at radius 2 is 2.13 bits per heavy atom. The molecule has 2 rings (SSSR count). The van der Waals surface area contributed by atoms with Gasteiger partial charge in [0.2, 0.25) is 0 Å². The van der Waals surface area contributed by atoms with Crippen LogP contribution < -0.4 is 5.73 Å². The molecule has 1 heterocycles. The Morgan fingerprint density at radius 3 is 2.87 bits per heavy atom. The molecule has 0 radical (unpaired) electrons. The lowest BCUT2D eigenvalue weighted by atomic mass is 10.1. The van der Waals surface area contributed by atoms with Crippen molar-refractivity contribution in [2.24, 2.45) is 5.73 Å². The average Bonchev–Trinajstić information content (AvgIpc) is 2.67. The Labute approximate surface area is 90.5 Å². The van der Waals surface area contributed by atoms with Crippen LogP contribution in [0.3, 0.4) is 0 Å². The van der Waals surface area contributed by atoms with E-state index in [0.29, 0.717) is 0 Å². The van der Waals surface area contributed by atoms with Gasteiger partial charge in [0.25, 0.3) is 0 Å². The molecule has 0 atom stereocenters. The molecule has 0 amide bonds. The molecule has 0 saturated heterocycles. The molecule has 1 aromatic heterocycles. The Balaban J connectivity index is 2.29. The quantitative estimate of drug-likeness (QED) is 0.786. The van der Waals surface area contributed by atoms with Crippen LogP contribution in [0.1, 0.15) is 24.6 Å². The van der Waals surface area contributed by atoms with E-state index in [1.807, 2.05) is 0 Å². The molecule has 0 fully saturated rings. The van der Waals surface area contributed by atoms with Gasteiger partial charge in [0, 0.05) is 11.2 Å². The Morgan fingerprint density at radius 1 is 1.27 bits per heavy atom. The number of aromatic nitrogens is 1. The lowest BCUT2D eigenvalue weighted by Crippen LogP contribution is -2.00. The Hall–Kier alpha value is -1.28. The summed E-state index contributed by atoms with van der Waals surface area (Å²) in [6.45, 7) is 2.94. The van der Waals surface area contributed by atoms with Gasteiger partial charge in [-0.3, -0.25) is 0 Å². The lowest BCUT2D eigenvalue weighted by Gasteiger charge is -1.95. The van der Waals surface area contributed by atoms with Crippen molar-refractivity contribution in [3.05, 3.63) is 35.5 Å². The van der Waals surface area contributed by atoms with E-state index < -0.39 is 0 Å². The normalized spacial score (nSPS) is 11.1. The van der Waals surface area contributed by atoms with Gasteiger partial charge in [0.1, 0.15) is 0 Å². The van der Waals surface area contributed by atoms with Crippen LogP contribution in [0, 0.1) is 0 Å². The second kappa shape index (κ2) is 4.49. The van der Waals surface area contributed by atoms with E-state index in [9.17, 15) is 0 Å². The predicted octanol–water partition coefficient (Wildman–Crippen LogP) is 2.62. The molecule has 0 aliphatic rings. The summed E-state index contributed by atoms with van der Waals surface area (Å²) in [6, 6.07) is 8.85. The van der Waals surface area contributed by atoms with E-state index in [1.54, 1.807) is 0 Å². The van der Waals surface area contributed by atoms with Crippen molar-refractivity contribution < 1.29 is 0 Å². The fourth-order valence-corrected chi connectivity index (χ4v) is 1.89. The van der Waals surface area contributed by atoms with Crippen molar-refractivity contribution in [3.8, 4) is 0 Å². The van der Waals surface area contributed by atoms with Gasteiger partial charge in [-0.15, -0.1) is 0 Å². The molecule has 0 aliphatic heterocycles. The fraction of sp³-hybridized carbons (Fsp3) is 0.385. The van der Waals surface area contributed by atoms with Crippen molar-refractivity contribution in [2.45, 2.75) is 26.2 Å². The summed E-state index contributed by atoms with van der Waals surface area (Å²) >= 11 is 0. The summed E-state index contributed by atoms with van der Waals surface area (Å²) in [4.78, 5) is 3.43. The predicted molar refractivity (Wildman–Crippen MR) is 65.1 cm³/mol. The highest BCUT2D eigenvalue weighted by molar-refractivity contribution is 5.81. The summed E-state index contributed by atoms with van der Waals surface area (Å²) in [5.74, 6) is 0. The molecule has 1 aromatic carbocycles. The molecule has 0 bridgehead atoms.